The van der Waals surface area contributed by atoms with Crippen LogP contribution in [0, 0.1) is 0 Å². The summed E-state index contributed by atoms with van der Waals surface area (Å²) in [5.41, 5.74) is 22.9. The summed E-state index contributed by atoms with van der Waals surface area (Å²) in [6.45, 7) is 0. The maximum Gasteiger partial charge on any atom is 0.0714 e. The van der Waals surface area contributed by atoms with Crippen molar-refractivity contribution in [1.29, 1.82) is 0 Å². The van der Waals surface area contributed by atoms with E-state index in [1.165, 1.54) is 99.8 Å². The Labute approximate surface area is 411 Å². The minimum atomic E-state index is -0.544. The fraction of sp³-hybridized carbons (Fsp3) is 0.0435. The first kappa shape index (κ1) is 41.4. The third-order valence-electron chi connectivity index (χ3n) is 14.9. The number of benzene rings is 11. The Morgan fingerprint density at radius 3 is 1.56 bits per heavy atom. The van der Waals surface area contributed by atoms with Crippen molar-refractivity contribution in [2.75, 3.05) is 4.90 Å². The van der Waals surface area contributed by atoms with Crippen LogP contribution < -0.4 is 4.90 Å². The first-order valence-corrected chi connectivity index (χ1v) is 24.5. The molecule has 0 aliphatic heterocycles. The maximum atomic E-state index is 2.54. The molecule has 0 N–H and O–H groups in total. The summed E-state index contributed by atoms with van der Waals surface area (Å²) in [6.07, 6.45) is 4.39. The van der Waals surface area contributed by atoms with Gasteiger partial charge in [0.15, 0.2) is 0 Å². The van der Waals surface area contributed by atoms with Crippen LogP contribution in [0.3, 0.4) is 0 Å². The lowest BCUT2D eigenvalue weighted by Crippen LogP contribution is -2.28. The number of fused-ring (bicyclic) bond motifs is 5. The average molecular weight is 892 g/mol. The van der Waals surface area contributed by atoms with E-state index in [0.717, 1.165) is 29.9 Å². The van der Waals surface area contributed by atoms with E-state index < -0.39 is 5.41 Å². The first-order chi connectivity index (χ1) is 34.7. The second kappa shape index (κ2) is 17.4. The van der Waals surface area contributed by atoms with Crippen LogP contribution in [0.25, 0.3) is 66.9 Å². The molecule has 2 aliphatic rings. The lowest BCUT2D eigenvalue weighted by atomic mass is 9.67. The minimum absolute atomic E-state index is 0.544. The molecule has 0 radical (unpaired) electrons. The number of anilines is 3. The Morgan fingerprint density at radius 1 is 0.314 bits per heavy atom. The summed E-state index contributed by atoms with van der Waals surface area (Å²) < 4.78 is 0. The van der Waals surface area contributed by atoms with E-state index in [1.807, 2.05) is 0 Å². The van der Waals surface area contributed by atoms with E-state index >= 15 is 0 Å². The molecule has 0 unspecified atom stereocenters. The SMILES string of the molecule is C1=C(c2ccc(-c3ccc4ccccc4c3)cc2N(c2ccc(-c3ccc(-c4ccccc4)cc3)cc2)c2ccc3c(c2)C(c2ccccc2)(c2ccccc2)c2ccccc2-3)CCc2ccccc21. The van der Waals surface area contributed by atoms with Crippen molar-refractivity contribution in [1.82, 2.24) is 0 Å². The molecule has 11 aromatic rings. The smallest absolute Gasteiger partial charge is 0.0714 e. The number of allylic oxidation sites excluding steroid dienone is 1. The van der Waals surface area contributed by atoms with Gasteiger partial charge in [0.25, 0.3) is 0 Å². The normalized spacial score (nSPS) is 13.2. The Morgan fingerprint density at radius 2 is 0.829 bits per heavy atom. The molecule has 13 rings (SSSR count). The van der Waals surface area contributed by atoms with Crippen LogP contribution in [0.4, 0.5) is 17.1 Å². The summed E-state index contributed by atoms with van der Waals surface area (Å²) in [5.74, 6) is 0. The lowest BCUT2D eigenvalue weighted by molar-refractivity contribution is 0.768. The molecule has 0 atom stereocenters. The van der Waals surface area contributed by atoms with E-state index in [1.54, 1.807) is 0 Å². The fourth-order valence-electron chi connectivity index (χ4n) is 11.5. The van der Waals surface area contributed by atoms with Gasteiger partial charge in [-0.2, -0.15) is 0 Å². The van der Waals surface area contributed by atoms with Crippen molar-refractivity contribution in [2.45, 2.75) is 18.3 Å². The highest BCUT2D eigenvalue weighted by Crippen LogP contribution is 2.57. The zero-order valence-electron chi connectivity index (χ0n) is 38.8. The van der Waals surface area contributed by atoms with Gasteiger partial charge in [0.1, 0.15) is 0 Å². The molecule has 11 aromatic carbocycles. The summed E-state index contributed by atoms with van der Waals surface area (Å²) >= 11 is 0. The molecular formula is C69H49N. The second-order valence-corrected chi connectivity index (χ2v) is 18.7. The van der Waals surface area contributed by atoms with Crippen LogP contribution in [-0.4, -0.2) is 0 Å². The predicted molar refractivity (Wildman–Crippen MR) is 295 cm³/mol. The van der Waals surface area contributed by atoms with Crippen molar-refractivity contribution < 1.29 is 0 Å². The van der Waals surface area contributed by atoms with Crippen LogP contribution in [0.1, 0.15) is 45.4 Å². The van der Waals surface area contributed by atoms with Gasteiger partial charge in [0.05, 0.1) is 11.1 Å². The Kier molecular flexibility index (Phi) is 10.3. The van der Waals surface area contributed by atoms with Gasteiger partial charge in [-0.05, 0) is 143 Å². The molecule has 1 heteroatoms. The summed E-state index contributed by atoms with van der Waals surface area (Å²) in [7, 11) is 0. The van der Waals surface area contributed by atoms with Gasteiger partial charge in [-0.25, -0.2) is 0 Å². The highest BCUT2D eigenvalue weighted by atomic mass is 15.1. The Bertz CT molecular complexity index is 3700. The zero-order chi connectivity index (χ0) is 46.4. The molecule has 0 fully saturated rings. The van der Waals surface area contributed by atoms with Crippen molar-refractivity contribution in [3.63, 3.8) is 0 Å². The van der Waals surface area contributed by atoms with Crippen molar-refractivity contribution in [2.24, 2.45) is 0 Å². The molecule has 0 amide bonds. The standard InChI is InChI=1S/C69H49N/c1-4-16-48(17-5-1)51-28-30-52(31-29-51)53-36-39-61(40-37-53)70(62-41-43-65-64-26-14-15-27-66(64)69(67(65)47-62,59-22-6-2-7-23-59)60-24-8-3-9-25-60)68-46-57(56-34-32-49-18-10-12-20-54(49)44-56)38-42-63(68)58-35-33-50-19-11-13-21-55(50)45-58/h1-32,34,36-47H,33,35H2. The number of aryl methyl sites for hydroxylation is 1. The van der Waals surface area contributed by atoms with Gasteiger partial charge in [0.2, 0.25) is 0 Å². The molecule has 2 aliphatic carbocycles. The van der Waals surface area contributed by atoms with Crippen molar-refractivity contribution in [3.05, 3.63) is 306 Å². The van der Waals surface area contributed by atoms with Crippen LogP contribution in [0.5, 0.6) is 0 Å². The summed E-state index contributed by atoms with van der Waals surface area (Å²) in [5, 5.41) is 2.47. The minimum Gasteiger partial charge on any atom is -0.310 e. The number of rotatable bonds is 9. The Hall–Kier alpha value is -8.78. The molecule has 330 valence electrons. The van der Waals surface area contributed by atoms with Gasteiger partial charge >= 0.3 is 0 Å². The average Bonchev–Trinajstić information content (AvgIpc) is 3.74. The summed E-state index contributed by atoms with van der Waals surface area (Å²) in [6, 6.07) is 99.0. The van der Waals surface area contributed by atoms with Crippen LogP contribution in [0.2, 0.25) is 0 Å². The third kappa shape index (κ3) is 7.09. The quantitative estimate of drug-likeness (QED) is 0.140. The molecule has 0 saturated heterocycles. The van der Waals surface area contributed by atoms with Gasteiger partial charge in [-0.15, -0.1) is 0 Å². The van der Waals surface area contributed by atoms with E-state index in [2.05, 4.69) is 278 Å². The number of nitrogens with zero attached hydrogens (tertiary/aromatic N) is 1. The van der Waals surface area contributed by atoms with E-state index in [4.69, 9.17) is 0 Å². The van der Waals surface area contributed by atoms with Crippen LogP contribution in [-0.2, 0) is 11.8 Å². The Balaban J connectivity index is 1.05. The molecule has 0 saturated carbocycles. The second-order valence-electron chi connectivity index (χ2n) is 18.7. The molecule has 70 heavy (non-hydrogen) atoms. The lowest BCUT2D eigenvalue weighted by Gasteiger charge is -2.35. The third-order valence-corrected chi connectivity index (χ3v) is 14.9. The van der Waals surface area contributed by atoms with Crippen LogP contribution in [0.15, 0.2) is 267 Å². The summed E-state index contributed by atoms with van der Waals surface area (Å²) in [4.78, 5) is 2.54. The van der Waals surface area contributed by atoms with E-state index in [9.17, 15) is 0 Å². The topological polar surface area (TPSA) is 3.24 Å². The molecule has 1 nitrogen and oxygen atoms in total. The monoisotopic (exact) mass is 891 g/mol. The van der Waals surface area contributed by atoms with Crippen molar-refractivity contribution in [3.8, 4) is 44.5 Å². The van der Waals surface area contributed by atoms with Crippen molar-refractivity contribution >= 4 is 39.5 Å². The largest absolute Gasteiger partial charge is 0.310 e. The first-order valence-electron chi connectivity index (χ1n) is 24.5. The molecule has 0 heterocycles. The van der Waals surface area contributed by atoms with Gasteiger partial charge in [0, 0.05) is 16.9 Å². The van der Waals surface area contributed by atoms with Gasteiger partial charge in [-0.1, -0.05) is 237 Å². The highest BCUT2D eigenvalue weighted by molar-refractivity contribution is 5.97. The van der Waals surface area contributed by atoms with Gasteiger partial charge in [-0.3, -0.25) is 0 Å². The molecule has 0 bridgehead atoms. The zero-order valence-corrected chi connectivity index (χ0v) is 38.8. The number of hydrogen-bond acceptors (Lipinski definition) is 1. The molecule has 0 spiro atoms. The maximum absolute atomic E-state index is 2.54. The fourth-order valence-corrected chi connectivity index (χ4v) is 11.5. The number of hydrogen-bond donors (Lipinski definition) is 0. The highest BCUT2D eigenvalue weighted by Gasteiger charge is 2.46. The van der Waals surface area contributed by atoms with E-state index in [-0.39, 0.29) is 0 Å². The molecular weight excluding hydrogens is 843 g/mol. The molecule has 0 aromatic heterocycles. The van der Waals surface area contributed by atoms with Gasteiger partial charge < -0.3 is 4.90 Å². The predicted octanol–water partition coefficient (Wildman–Crippen LogP) is 18.2. The van der Waals surface area contributed by atoms with E-state index in [0.29, 0.717) is 0 Å². The van der Waals surface area contributed by atoms with Crippen LogP contribution >= 0.6 is 0 Å².